The molecule has 1 heterocycles. The van der Waals surface area contributed by atoms with E-state index < -0.39 is 0 Å². The average molecular weight is 299 g/mol. The van der Waals surface area contributed by atoms with Crippen LogP contribution in [0, 0.1) is 13.8 Å². The Balaban J connectivity index is 1.98. The van der Waals surface area contributed by atoms with Gasteiger partial charge in [0.25, 0.3) is 0 Å². The Morgan fingerprint density at radius 3 is 2.62 bits per heavy atom. The molecular weight excluding hydrogens is 284 g/mol. The Labute approximate surface area is 128 Å². The highest BCUT2D eigenvalue weighted by Crippen LogP contribution is 2.32. The maximum atomic E-state index is 6.17. The second-order valence-electron chi connectivity index (χ2n) is 4.98. The van der Waals surface area contributed by atoms with Crippen LogP contribution in [0.15, 0.2) is 42.7 Å². The van der Waals surface area contributed by atoms with Gasteiger partial charge in [-0.25, -0.2) is 9.97 Å². The standard InChI is InChI=1S/C17H15ClN2O/c1-11-8-14(21-9-13-6-4-3-5-7-13)12(2)16-15(11)17(18)20-10-19-16/h3-8,10H,9H2,1-2H3. The third kappa shape index (κ3) is 2.69. The highest BCUT2D eigenvalue weighted by Gasteiger charge is 2.12. The van der Waals surface area contributed by atoms with Gasteiger partial charge in [0.2, 0.25) is 0 Å². The lowest BCUT2D eigenvalue weighted by Gasteiger charge is -2.13. The molecule has 0 aliphatic rings. The summed E-state index contributed by atoms with van der Waals surface area (Å²) < 4.78 is 5.95. The van der Waals surface area contributed by atoms with E-state index in [1.54, 1.807) is 0 Å². The van der Waals surface area contributed by atoms with Crippen LogP contribution in [-0.2, 0) is 6.61 Å². The van der Waals surface area contributed by atoms with Crippen molar-refractivity contribution in [3.8, 4) is 5.75 Å². The third-order valence-electron chi connectivity index (χ3n) is 3.50. The number of halogens is 1. The SMILES string of the molecule is Cc1c(OCc2ccccc2)cc(C)c2c(Cl)ncnc12. The molecule has 0 atom stereocenters. The van der Waals surface area contributed by atoms with E-state index in [9.17, 15) is 0 Å². The van der Waals surface area contributed by atoms with E-state index in [0.717, 1.165) is 33.3 Å². The number of fused-ring (bicyclic) bond motifs is 1. The van der Waals surface area contributed by atoms with Crippen LogP contribution in [0.25, 0.3) is 10.9 Å². The molecule has 0 aliphatic heterocycles. The molecule has 0 fully saturated rings. The molecule has 1 aromatic heterocycles. The highest BCUT2D eigenvalue weighted by atomic mass is 35.5. The zero-order chi connectivity index (χ0) is 14.8. The Kier molecular flexibility index (Phi) is 3.76. The van der Waals surface area contributed by atoms with Gasteiger partial charge in [-0.3, -0.25) is 0 Å². The Hall–Kier alpha value is -2.13. The molecule has 0 saturated heterocycles. The van der Waals surface area contributed by atoms with Crippen molar-refractivity contribution in [2.75, 3.05) is 0 Å². The summed E-state index contributed by atoms with van der Waals surface area (Å²) in [6.45, 7) is 4.52. The van der Waals surface area contributed by atoms with Gasteiger partial charge in [0, 0.05) is 10.9 Å². The number of rotatable bonds is 3. The molecule has 4 heteroatoms. The van der Waals surface area contributed by atoms with Gasteiger partial charge in [-0.15, -0.1) is 0 Å². The van der Waals surface area contributed by atoms with Crippen LogP contribution in [0.2, 0.25) is 5.15 Å². The van der Waals surface area contributed by atoms with Gasteiger partial charge >= 0.3 is 0 Å². The van der Waals surface area contributed by atoms with E-state index in [0.29, 0.717) is 11.8 Å². The van der Waals surface area contributed by atoms with Crippen LogP contribution in [0.3, 0.4) is 0 Å². The molecule has 3 nitrogen and oxygen atoms in total. The van der Waals surface area contributed by atoms with Crippen LogP contribution in [0.4, 0.5) is 0 Å². The molecule has 2 aromatic carbocycles. The van der Waals surface area contributed by atoms with Crippen molar-refractivity contribution in [2.45, 2.75) is 20.5 Å². The number of nitrogens with zero attached hydrogens (tertiary/aromatic N) is 2. The molecule has 0 bridgehead atoms. The topological polar surface area (TPSA) is 35.0 Å². The second-order valence-corrected chi connectivity index (χ2v) is 5.34. The Morgan fingerprint density at radius 1 is 1.10 bits per heavy atom. The van der Waals surface area contributed by atoms with E-state index in [4.69, 9.17) is 16.3 Å². The molecule has 0 radical (unpaired) electrons. The molecule has 21 heavy (non-hydrogen) atoms. The number of hydrogen-bond donors (Lipinski definition) is 0. The minimum absolute atomic E-state index is 0.482. The van der Waals surface area contributed by atoms with E-state index in [1.165, 1.54) is 6.33 Å². The molecule has 0 N–H and O–H groups in total. The second kappa shape index (κ2) is 5.70. The van der Waals surface area contributed by atoms with Crippen molar-refractivity contribution in [1.82, 2.24) is 9.97 Å². The van der Waals surface area contributed by atoms with Crippen molar-refractivity contribution < 1.29 is 4.74 Å². The average Bonchev–Trinajstić information content (AvgIpc) is 2.50. The quantitative estimate of drug-likeness (QED) is 0.669. The van der Waals surface area contributed by atoms with Gasteiger partial charge in [-0.2, -0.15) is 0 Å². The lowest BCUT2D eigenvalue weighted by molar-refractivity contribution is 0.304. The highest BCUT2D eigenvalue weighted by molar-refractivity contribution is 6.34. The van der Waals surface area contributed by atoms with Crippen LogP contribution < -0.4 is 4.74 Å². The number of benzene rings is 2. The van der Waals surface area contributed by atoms with Crippen molar-refractivity contribution in [2.24, 2.45) is 0 Å². The maximum absolute atomic E-state index is 6.17. The Morgan fingerprint density at radius 2 is 1.86 bits per heavy atom. The fourth-order valence-electron chi connectivity index (χ4n) is 2.38. The summed E-state index contributed by atoms with van der Waals surface area (Å²) in [6, 6.07) is 12.1. The van der Waals surface area contributed by atoms with Crippen molar-refractivity contribution in [3.63, 3.8) is 0 Å². The molecule has 0 spiro atoms. The first-order chi connectivity index (χ1) is 10.2. The summed E-state index contributed by atoms with van der Waals surface area (Å²) in [5, 5.41) is 1.37. The third-order valence-corrected chi connectivity index (χ3v) is 3.79. The predicted octanol–water partition coefficient (Wildman–Crippen LogP) is 4.48. The molecule has 0 unspecified atom stereocenters. The smallest absolute Gasteiger partial charge is 0.140 e. The van der Waals surface area contributed by atoms with Crippen LogP contribution in [-0.4, -0.2) is 9.97 Å². The van der Waals surface area contributed by atoms with Crippen LogP contribution in [0.5, 0.6) is 5.75 Å². The summed E-state index contributed by atoms with van der Waals surface area (Å²) in [5.74, 6) is 0.832. The molecule has 0 amide bonds. The predicted molar refractivity (Wildman–Crippen MR) is 84.8 cm³/mol. The summed E-state index contributed by atoms with van der Waals surface area (Å²) >= 11 is 6.17. The fourth-order valence-corrected chi connectivity index (χ4v) is 2.66. The first-order valence-electron chi connectivity index (χ1n) is 6.74. The fraction of sp³-hybridized carbons (Fsp3) is 0.176. The van der Waals surface area contributed by atoms with E-state index in [-0.39, 0.29) is 0 Å². The van der Waals surface area contributed by atoms with Crippen molar-refractivity contribution in [3.05, 3.63) is 64.6 Å². The molecule has 3 aromatic rings. The monoisotopic (exact) mass is 298 g/mol. The summed E-state index contributed by atoms with van der Waals surface area (Å²) in [7, 11) is 0. The first-order valence-corrected chi connectivity index (χ1v) is 7.11. The minimum Gasteiger partial charge on any atom is -0.489 e. The van der Waals surface area contributed by atoms with Gasteiger partial charge in [0.15, 0.2) is 0 Å². The van der Waals surface area contributed by atoms with E-state index >= 15 is 0 Å². The van der Waals surface area contributed by atoms with E-state index in [2.05, 4.69) is 9.97 Å². The van der Waals surface area contributed by atoms with Crippen LogP contribution in [0.1, 0.15) is 16.7 Å². The van der Waals surface area contributed by atoms with Gasteiger partial charge in [-0.05, 0) is 31.0 Å². The number of aryl methyl sites for hydroxylation is 2. The van der Waals surface area contributed by atoms with Gasteiger partial charge in [0.1, 0.15) is 23.8 Å². The number of ether oxygens (including phenoxy) is 1. The van der Waals surface area contributed by atoms with Crippen molar-refractivity contribution >= 4 is 22.5 Å². The summed E-state index contributed by atoms with van der Waals surface area (Å²) in [5.41, 5.74) is 3.98. The van der Waals surface area contributed by atoms with Gasteiger partial charge < -0.3 is 4.74 Å². The van der Waals surface area contributed by atoms with E-state index in [1.807, 2.05) is 50.2 Å². The lowest BCUT2D eigenvalue weighted by Crippen LogP contribution is -1.99. The Bertz CT molecular complexity index is 788. The van der Waals surface area contributed by atoms with Crippen molar-refractivity contribution in [1.29, 1.82) is 0 Å². The molecule has 0 saturated carbocycles. The molecule has 3 rings (SSSR count). The largest absolute Gasteiger partial charge is 0.489 e. The first kappa shape index (κ1) is 13.8. The molecular formula is C17H15ClN2O. The van der Waals surface area contributed by atoms with Gasteiger partial charge in [0.05, 0.1) is 5.52 Å². The van der Waals surface area contributed by atoms with Crippen LogP contribution >= 0.6 is 11.6 Å². The number of hydrogen-bond acceptors (Lipinski definition) is 3. The molecule has 106 valence electrons. The maximum Gasteiger partial charge on any atom is 0.140 e. The zero-order valence-electron chi connectivity index (χ0n) is 11.9. The molecule has 0 aliphatic carbocycles. The normalized spacial score (nSPS) is 10.8. The summed E-state index contributed by atoms with van der Waals surface area (Å²) in [4.78, 5) is 8.39. The minimum atomic E-state index is 0.482. The zero-order valence-corrected chi connectivity index (χ0v) is 12.7. The summed E-state index contributed by atoms with van der Waals surface area (Å²) in [6.07, 6.45) is 1.48. The lowest BCUT2D eigenvalue weighted by atomic mass is 10.1. The van der Waals surface area contributed by atoms with Gasteiger partial charge in [-0.1, -0.05) is 41.9 Å². The number of aromatic nitrogens is 2.